The smallest absolute Gasteiger partial charge is 0.279 e. The molecule has 0 aromatic heterocycles. The fraction of sp³-hybridized carbons (Fsp3) is 0.529. The second kappa shape index (κ2) is 8.54. The maximum Gasteiger partial charge on any atom is 0.279 e. The van der Waals surface area contributed by atoms with E-state index in [0.717, 1.165) is 21.7 Å². The first-order valence-corrected chi connectivity index (χ1v) is 7.84. The Balaban J connectivity index is 2.56. The van der Waals surface area contributed by atoms with Crippen molar-refractivity contribution in [1.29, 1.82) is 0 Å². The molecule has 0 aliphatic carbocycles. The van der Waals surface area contributed by atoms with Gasteiger partial charge in [0.25, 0.3) is 11.8 Å². The minimum absolute atomic E-state index is 0.0674. The fourth-order valence-electron chi connectivity index (χ4n) is 2.48. The average molecular weight is 306 g/mol. The molecule has 0 bridgehead atoms. The molecule has 0 radical (unpaired) electrons. The monoisotopic (exact) mass is 306 g/mol. The van der Waals surface area contributed by atoms with Gasteiger partial charge in [0.15, 0.2) is 13.1 Å². The summed E-state index contributed by atoms with van der Waals surface area (Å²) < 4.78 is 0. The van der Waals surface area contributed by atoms with Gasteiger partial charge >= 0.3 is 0 Å². The second-order valence-electron chi connectivity index (χ2n) is 5.69. The molecule has 0 saturated carbocycles. The molecule has 122 valence electrons. The fourth-order valence-corrected chi connectivity index (χ4v) is 2.48. The Bertz CT molecular complexity index is 504. The van der Waals surface area contributed by atoms with Crippen LogP contribution in [0.25, 0.3) is 0 Å². The molecule has 0 saturated heterocycles. The summed E-state index contributed by atoms with van der Waals surface area (Å²) in [7, 11) is 1.87. The van der Waals surface area contributed by atoms with Crippen molar-refractivity contribution in [2.45, 2.75) is 27.7 Å². The zero-order chi connectivity index (χ0) is 16.7. The SMILES string of the molecule is CCN(CC)C(=O)C[NH+](C)CC(=O)Nc1c(C)cccc1C. The zero-order valence-corrected chi connectivity index (χ0v) is 14.3. The third-order valence-corrected chi connectivity index (χ3v) is 3.78. The normalized spacial score (nSPS) is 11.9. The standard InChI is InChI=1S/C17H27N3O2/c1-6-20(7-2)16(22)12-19(5)11-15(21)18-17-13(3)9-8-10-14(17)4/h8-10H,6-7,11-12H2,1-5H3,(H,18,21)/p+1. The third kappa shape index (κ3) is 5.15. The zero-order valence-electron chi connectivity index (χ0n) is 14.3. The van der Waals surface area contributed by atoms with Gasteiger partial charge < -0.3 is 15.1 Å². The van der Waals surface area contributed by atoms with Gasteiger partial charge in [0.2, 0.25) is 0 Å². The number of amides is 2. The summed E-state index contributed by atoms with van der Waals surface area (Å²) in [5, 5.41) is 2.96. The van der Waals surface area contributed by atoms with Crippen LogP contribution in [0.3, 0.4) is 0 Å². The molecule has 2 N–H and O–H groups in total. The molecule has 0 fully saturated rings. The van der Waals surface area contributed by atoms with E-state index in [4.69, 9.17) is 0 Å². The largest absolute Gasteiger partial charge is 0.338 e. The van der Waals surface area contributed by atoms with Crippen LogP contribution in [0.15, 0.2) is 18.2 Å². The second-order valence-corrected chi connectivity index (χ2v) is 5.69. The van der Waals surface area contributed by atoms with Crippen molar-refractivity contribution < 1.29 is 14.5 Å². The minimum Gasteiger partial charge on any atom is -0.338 e. The molecule has 0 spiro atoms. The molecular weight excluding hydrogens is 278 g/mol. The number of hydrogen-bond acceptors (Lipinski definition) is 2. The van der Waals surface area contributed by atoms with Crippen molar-refractivity contribution in [2.75, 3.05) is 38.5 Å². The Hall–Kier alpha value is -1.88. The maximum atomic E-state index is 12.2. The van der Waals surface area contributed by atoms with Gasteiger partial charge in [-0.3, -0.25) is 9.59 Å². The number of nitrogens with one attached hydrogen (secondary N) is 2. The molecule has 5 heteroatoms. The van der Waals surface area contributed by atoms with Crippen LogP contribution in [0.4, 0.5) is 5.69 Å². The lowest BCUT2D eigenvalue weighted by Gasteiger charge is -2.21. The molecule has 1 aromatic rings. The van der Waals surface area contributed by atoms with Gasteiger partial charge in [0.1, 0.15) is 0 Å². The summed E-state index contributed by atoms with van der Waals surface area (Å²) in [6, 6.07) is 5.92. The van der Waals surface area contributed by atoms with Gasteiger partial charge in [-0.05, 0) is 38.8 Å². The Morgan fingerprint density at radius 2 is 1.64 bits per heavy atom. The predicted molar refractivity (Wildman–Crippen MR) is 89.1 cm³/mol. The molecule has 5 nitrogen and oxygen atoms in total. The van der Waals surface area contributed by atoms with Crippen molar-refractivity contribution in [3.8, 4) is 0 Å². The lowest BCUT2D eigenvalue weighted by atomic mass is 10.1. The summed E-state index contributed by atoms with van der Waals surface area (Å²) in [5.41, 5.74) is 2.96. The first kappa shape index (κ1) is 18.2. The maximum absolute atomic E-state index is 12.2. The van der Waals surface area contributed by atoms with Crippen LogP contribution in [0, 0.1) is 13.8 Å². The van der Waals surface area contributed by atoms with Crippen LogP contribution in [-0.4, -0.2) is 49.9 Å². The van der Waals surface area contributed by atoms with E-state index in [0.29, 0.717) is 19.6 Å². The number of quaternary nitrogens is 1. The highest BCUT2D eigenvalue weighted by molar-refractivity contribution is 5.93. The average Bonchev–Trinajstić information content (AvgIpc) is 2.44. The van der Waals surface area contributed by atoms with Crippen LogP contribution < -0.4 is 10.2 Å². The highest BCUT2D eigenvalue weighted by Gasteiger charge is 2.18. The van der Waals surface area contributed by atoms with Gasteiger partial charge in [0, 0.05) is 18.8 Å². The molecule has 0 aliphatic rings. The van der Waals surface area contributed by atoms with Crippen LogP contribution in [0.1, 0.15) is 25.0 Å². The van der Waals surface area contributed by atoms with E-state index in [1.165, 1.54) is 0 Å². The quantitative estimate of drug-likeness (QED) is 0.776. The van der Waals surface area contributed by atoms with Crippen molar-refractivity contribution in [2.24, 2.45) is 0 Å². The highest BCUT2D eigenvalue weighted by atomic mass is 16.2. The van der Waals surface area contributed by atoms with Crippen LogP contribution in [0.5, 0.6) is 0 Å². The van der Waals surface area contributed by atoms with Crippen LogP contribution in [-0.2, 0) is 9.59 Å². The van der Waals surface area contributed by atoms with Crippen LogP contribution >= 0.6 is 0 Å². The number of carbonyl (C=O) groups is 2. The Kier molecular flexibility index (Phi) is 7.05. The van der Waals surface area contributed by atoms with Gasteiger partial charge in [-0.15, -0.1) is 0 Å². The van der Waals surface area contributed by atoms with Crippen molar-refractivity contribution in [3.05, 3.63) is 29.3 Å². The first-order valence-electron chi connectivity index (χ1n) is 7.84. The Morgan fingerprint density at radius 1 is 1.09 bits per heavy atom. The third-order valence-electron chi connectivity index (χ3n) is 3.78. The van der Waals surface area contributed by atoms with Crippen LogP contribution in [0.2, 0.25) is 0 Å². The summed E-state index contributed by atoms with van der Waals surface area (Å²) in [6.45, 7) is 9.90. The number of para-hydroxylation sites is 1. The molecular formula is C17H28N3O2+. The van der Waals surface area contributed by atoms with Gasteiger partial charge in [-0.25, -0.2) is 0 Å². The number of hydrogen-bond donors (Lipinski definition) is 2. The van der Waals surface area contributed by atoms with E-state index in [1.807, 2.05) is 52.9 Å². The highest BCUT2D eigenvalue weighted by Crippen LogP contribution is 2.18. The number of nitrogens with zero attached hydrogens (tertiary/aromatic N) is 1. The summed E-state index contributed by atoms with van der Waals surface area (Å²) >= 11 is 0. The van der Waals surface area contributed by atoms with Gasteiger partial charge in [-0.1, -0.05) is 18.2 Å². The number of aryl methyl sites for hydroxylation is 2. The van der Waals surface area contributed by atoms with Gasteiger partial charge in [-0.2, -0.15) is 0 Å². The molecule has 0 heterocycles. The lowest BCUT2D eigenvalue weighted by Crippen LogP contribution is -3.11. The predicted octanol–water partition coefficient (Wildman–Crippen LogP) is 0.625. The number of benzene rings is 1. The summed E-state index contributed by atoms with van der Waals surface area (Å²) in [6.07, 6.45) is 0. The summed E-state index contributed by atoms with van der Waals surface area (Å²) in [5.74, 6) is 0.0182. The molecule has 1 unspecified atom stereocenters. The van der Waals surface area contributed by atoms with Crippen molar-refractivity contribution >= 4 is 17.5 Å². The molecule has 22 heavy (non-hydrogen) atoms. The molecule has 0 aliphatic heterocycles. The van der Waals surface area contributed by atoms with Crippen molar-refractivity contribution in [3.63, 3.8) is 0 Å². The Morgan fingerprint density at radius 3 is 2.14 bits per heavy atom. The van der Waals surface area contributed by atoms with Gasteiger partial charge in [0.05, 0.1) is 7.05 Å². The molecule has 1 atom stereocenters. The number of carbonyl (C=O) groups excluding carboxylic acids is 2. The van der Waals surface area contributed by atoms with E-state index in [9.17, 15) is 9.59 Å². The van der Waals surface area contributed by atoms with E-state index >= 15 is 0 Å². The summed E-state index contributed by atoms with van der Waals surface area (Å²) in [4.78, 5) is 26.9. The molecule has 1 aromatic carbocycles. The minimum atomic E-state index is -0.0674. The first-order chi connectivity index (χ1) is 10.4. The van der Waals surface area contributed by atoms with Crippen molar-refractivity contribution in [1.82, 2.24) is 4.90 Å². The topological polar surface area (TPSA) is 53.9 Å². The number of rotatable bonds is 7. The Labute approximate surface area is 133 Å². The van der Waals surface area contributed by atoms with E-state index in [2.05, 4.69) is 5.32 Å². The molecule has 1 rings (SSSR count). The molecule has 2 amide bonds. The van der Waals surface area contributed by atoms with E-state index in [1.54, 1.807) is 4.90 Å². The van der Waals surface area contributed by atoms with E-state index < -0.39 is 0 Å². The lowest BCUT2D eigenvalue weighted by molar-refractivity contribution is -0.862. The van der Waals surface area contributed by atoms with E-state index in [-0.39, 0.29) is 18.4 Å². The number of likely N-dealkylation sites (N-methyl/N-ethyl adjacent to an activating group) is 2. The number of anilines is 1.